The molecule has 0 spiro atoms. The number of nitrogens with zero attached hydrogens (tertiary/aromatic N) is 1. The zero-order valence-corrected chi connectivity index (χ0v) is 23.4. The van der Waals surface area contributed by atoms with Gasteiger partial charge in [-0.15, -0.1) is 0 Å². The van der Waals surface area contributed by atoms with Crippen LogP contribution in [0.25, 0.3) is 0 Å². The molecule has 0 bridgehead atoms. The molecule has 222 valence electrons. The van der Waals surface area contributed by atoms with Gasteiger partial charge in [0.2, 0.25) is 5.91 Å². The van der Waals surface area contributed by atoms with E-state index in [1.165, 1.54) is 37.8 Å². The molecule has 3 rings (SSSR count). The van der Waals surface area contributed by atoms with Crippen LogP contribution in [0.4, 0.5) is 4.39 Å². The Balaban J connectivity index is 0.00000560. The molecule has 0 fully saturated rings. The summed E-state index contributed by atoms with van der Waals surface area (Å²) in [6, 6.07) is 10.9. The minimum Gasteiger partial charge on any atom is -0.508 e. The Labute approximate surface area is 240 Å². The molecule has 1 aliphatic rings. The smallest absolute Gasteiger partial charge is 0.254 e. The number of ether oxygens (including phenoxy) is 1. The summed E-state index contributed by atoms with van der Waals surface area (Å²) in [6.45, 7) is 4.35. The summed E-state index contributed by atoms with van der Waals surface area (Å²) in [7, 11) is 0. The number of benzene rings is 2. The van der Waals surface area contributed by atoms with E-state index in [0.717, 1.165) is 56.2 Å². The zero-order valence-electron chi connectivity index (χ0n) is 23.4. The lowest BCUT2D eigenvalue weighted by molar-refractivity contribution is -0.121. The maximum absolute atomic E-state index is 13.8. The van der Waals surface area contributed by atoms with E-state index in [2.05, 4.69) is 12.2 Å². The van der Waals surface area contributed by atoms with Crippen LogP contribution in [-0.2, 0) is 22.5 Å². The number of hydrogen-bond donors (Lipinski definition) is 2. The number of aromatic hydroxyl groups is 1. The number of halogens is 1. The van der Waals surface area contributed by atoms with Crippen LogP contribution in [-0.4, -0.2) is 47.6 Å². The van der Waals surface area contributed by atoms with Crippen molar-refractivity contribution in [2.75, 3.05) is 19.8 Å². The maximum atomic E-state index is 13.8. The highest BCUT2D eigenvalue weighted by atomic mass is 19.1. The molecule has 0 saturated heterocycles. The fourth-order valence-corrected chi connectivity index (χ4v) is 5.07. The summed E-state index contributed by atoms with van der Waals surface area (Å²) in [5, 5.41) is 12.9. The van der Waals surface area contributed by atoms with Crippen molar-refractivity contribution in [2.24, 2.45) is 0 Å². The molecule has 0 radical (unpaired) electrons. The van der Waals surface area contributed by atoms with Gasteiger partial charge in [-0.1, -0.05) is 71.4 Å². The summed E-state index contributed by atoms with van der Waals surface area (Å²) in [4.78, 5) is 26.7. The second kappa shape index (κ2) is 18.4. The predicted molar refractivity (Wildman–Crippen MR) is 159 cm³/mol. The first-order chi connectivity index (χ1) is 19.0. The van der Waals surface area contributed by atoms with Gasteiger partial charge in [0.15, 0.2) is 0 Å². The summed E-state index contributed by atoms with van der Waals surface area (Å²) in [5.41, 5.74) is 2.33. The van der Waals surface area contributed by atoms with Crippen LogP contribution >= 0.6 is 0 Å². The van der Waals surface area contributed by atoms with Gasteiger partial charge in [-0.2, -0.15) is 0 Å². The highest BCUT2D eigenvalue weighted by Crippen LogP contribution is 2.28. The van der Waals surface area contributed by atoms with E-state index in [0.29, 0.717) is 38.2 Å². The Morgan fingerprint density at radius 3 is 2.42 bits per heavy atom. The number of carbonyl (C=O) groups is 2. The highest BCUT2D eigenvalue weighted by molar-refractivity contribution is 5.94. The van der Waals surface area contributed by atoms with E-state index in [1.807, 2.05) is 6.07 Å². The van der Waals surface area contributed by atoms with Crippen molar-refractivity contribution in [3.63, 3.8) is 0 Å². The predicted octanol–water partition coefficient (Wildman–Crippen LogP) is 7.18. The number of unbranched alkanes of at least 4 members (excludes halogenated alkanes) is 8. The van der Waals surface area contributed by atoms with Crippen molar-refractivity contribution in [3.8, 4) is 5.75 Å². The third kappa shape index (κ3) is 11.3. The lowest BCUT2D eigenvalue weighted by atomic mass is 9.93. The van der Waals surface area contributed by atoms with E-state index in [-0.39, 0.29) is 31.0 Å². The molecule has 1 aliphatic heterocycles. The summed E-state index contributed by atoms with van der Waals surface area (Å²) in [6.07, 6.45) is 12.3. The van der Waals surface area contributed by atoms with Crippen LogP contribution in [0.1, 0.15) is 106 Å². The molecule has 0 saturated carbocycles. The fourth-order valence-electron chi connectivity index (χ4n) is 5.07. The van der Waals surface area contributed by atoms with E-state index < -0.39 is 5.82 Å². The first-order valence-electron chi connectivity index (χ1n) is 14.7. The second-order valence-corrected chi connectivity index (χ2v) is 10.6. The first kappa shape index (κ1) is 33.3. The standard InChI is InChI=1S/C32H45FN2O4.CH4/c1-2-3-18-34-31(37)15-10-8-6-4-5-7-9-11-19-39-24-29-21-25-16-17-30(36)22-27(25)23-35(29)32(38)26-13-12-14-28(33)20-26;/h12-14,16-17,20,22,29,36H,2-11,15,18-19,21,23-24H2,1H3,(H,34,37);1H4. The van der Waals surface area contributed by atoms with Gasteiger partial charge in [0.1, 0.15) is 11.6 Å². The maximum Gasteiger partial charge on any atom is 0.254 e. The van der Waals surface area contributed by atoms with Crippen molar-refractivity contribution in [1.29, 1.82) is 0 Å². The van der Waals surface area contributed by atoms with E-state index in [1.54, 1.807) is 29.2 Å². The number of phenolic OH excluding ortho intramolecular Hbond substituents is 1. The highest BCUT2D eigenvalue weighted by Gasteiger charge is 2.31. The fraction of sp³-hybridized carbons (Fsp3) is 0.576. The molecular weight excluding hydrogens is 507 g/mol. The molecule has 40 heavy (non-hydrogen) atoms. The number of amides is 2. The molecule has 0 aliphatic carbocycles. The molecule has 6 nitrogen and oxygen atoms in total. The minimum absolute atomic E-state index is 0. The third-order valence-corrected chi connectivity index (χ3v) is 7.36. The van der Waals surface area contributed by atoms with Crippen molar-refractivity contribution < 1.29 is 23.8 Å². The average Bonchev–Trinajstić information content (AvgIpc) is 2.93. The number of fused-ring (bicyclic) bond motifs is 1. The van der Waals surface area contributed by atoms with Crippen molar-refractivity contribution >= 4 is 11.8 Å². The first-order valence-corrected chi connectivity index (χ1v) is 14.7. The van der Waals surface area contributed by atoms with Gasteiger partial charge in [-0.3, -0.25) is 9.59 Å². The van der Waals surface area contributed by atoms with Crippen LogP contribution in [0.5, 0.6) is 5.75 Å². The van der Waals surface area contributed by atoms with Crippen LogP contribution < -0.4 is 5.32 Å². The van der Waals surface area contributed by atoms with Gasteiger partial charge in [-0.25, -0.2) is 4.39 Å². The van der Waals surface area contributed by atoms with Crippen molar-refractivity contribution in [2.45, 2.75) is 104 Å². The number of carbonyl (C=O) groups excluding carboxylic acids is 2. The largest absolute Gasteiger partial charge is 0.508 e. The van der Waals surface area contributed by atoms with Crippen LogP contribution in [0.2, 0.25) is 0 Å². The number of nitrogens with one attached hydrogen (secondary N) is 1. The van der Waals surface area contributed by atoms with Gasteiger partial charge in [0.05, 0.1) is 12.6 Å². The number of hydrogen-bond acceptors (Lipinski definition) is 4. The van der Waals surface area contributed by atoms with Crippen molar-refractivity contribution in [1.82, 2.24) is 10.2 Å². The second-order valence-electron chi connectivity index (χ2n) is 10.6. The molecule has 1 unspecified atom stereocenters. The molecule has 1 atom stereocenters. The normalized spacial score (nSPS) is 14.3. The van der Waals surface area contributed by atoms with Crippen molar-refractivity contribution in [3.05, 3.63) is 65.0 Å². The van der Waals surface area contributed by atoms with Gasteiger partial charge < -0.3 is 20.1 Å². The lowest BCUT2D eigenvalue weighted by Crippen LogP contribution is -2.46. The molecule has 2 N–H and O–H groups in total. The van der Waals surface area contributed by atoms with Gasteiger partial charge in [-0.05, 0) is 67.1 Å². The van der Waals surface area contributed by atoms with Gasteiger partial charge >= 0.3 is 0 Å². The SMILES string of the molecule is C.CCCCNC(=O)CCCCCCCCCCOCC1Cc2ccc(O)cc2CN1C(=O)c1cccc(F)c1. The Morgan fingerprint density at radius 2 is 1.70 bits per heavy atom. The minimum atomic E-state index is -0.436. The lowest BCUT2D eigenvalue weighted by Gasteiger charge is -2.37. The van der Waals surface area contributed by atoms with E-state index >= 15 is 0 Å². The average molecular weight is 557 g/mol. The van der Waals surface area contributed by atoms with Crippen LogP contribution in [0.3, 0.4) is 0 Å². The Morgan fingerprint density at radius 1 is 0.975 bits per heavy atom. The summed E-state index contributed by atoms with van der Waals surface area (Å²) >= 11 is 0. The summed E-state index contributed by atoms with van der Waals surface area (Å²) < 4.78 is 19.8. The molecule has 7 heteroatoms. The monoisotopic (exact) mass is 556 g/mol. The molecule has 1 heterocycles. The zero-order chi connectivity index (χ0) is 27.9. The molecule has 0 aromatic heterocycles. The topological polar surface area (TPSA) is 78.9 Å². The quantitative estimate of drug-likeness (QED) is 0.202. The molecule has 2 aromatic rings. The number of rotatable bonds is 17. The van der Waals surface area contributed by atoms with E-state index in [9.17, 15) is 19.1 Å². The Kier molecular flexibility index (Phi) is 15.3. The Hall–Kier alpha value is -2.93. The van der Waals surface area contributed by atoms with Crippen LogP contribution in [0.15, 0.2) is 42.5 Å². The molecular formula is C33H49FN2O4. The van der Waals surface area contributed by atoms with Gasteiger partial charge in [0.25, 0.3) is 5.91 Å². The van der Waals surface area contributed by atoms with E-state index in [4.69, 9.17) is 4.74 Å². The van der Waals surface area contributed by atoms with Crippen LogP contribution in [0, 0.1) is 5.82 Å². The molecule has 2 aromatic carbocycles. The number of phenols is 1. The van der Waals surface area contributed by atoms with Gasteiger partial charge in [0, 0.05) is 31.7 Å². The molecule has 2 amide bonds. The summed E-state index contributed by atoms with van der Waals surface area (Å²) in [5.74, 6) is -0.309. The third-order valence-electron chi connectivity index (χ3n) is 7.36. The Bertz CT molecular complexity index is 1040.